The first kappa shape index (κ1) is 20.7. The van der Waals surface area contributed by atoms with E-state index in [0.717, 1.165) is 24.8 Å². The summed E-state index contributed by atoms with van der Waals surface area (Å²) in [6, 6.07) is 11.1. The quantitative estimate of drug-likeness (QED) is 0.685. The first-order valence-corrected chi connectivity index (χ1v) is 10.4. The second-order valence-electron chi connectivity index (χ2n) is 7.77. The Hall–Kier alpha value is -3.55. The number of hydrogen-bond acceptors (Lipinski definition) is 6. The molecule has 1 aliphatic rings. The van der Waals surface area contributed by atoms with Crippen molar-refractivity contribution in [1.82, 2.24) is 24.8 Å². The van der Waals surface area contributed by atoms with E-state index in [2.05, 4.69) is 15.3 Å². The zero-order valence-electron chi connectivity index (χ0n) is 18.0. The minimum Gasteiger partial charge on any atom is -0.373 e. The number of likely N-dealkylation sites (tertiary alicyclic amines) is 1. The molecule has 8 heteroatoms. The maximum atomic E-state index is 13.2. The third-order valence-electron chi connectivity index (χ3n) is 5.62. The number of carbonyl (C=O) groups is 2. The summed E-state index contributed by atoms with van der Waals surface area (Å²) in [6.07, 6.45) is 3.46. The Morgan fingerprint density at radius 2 is 2.03 bits per heavy atom. The molecule has 31 heavy (non-hydrogen) atoms. The highest BCUT2D eigenvalue weighted by molar-refractivity contribution is 6.05. The molecule has 0 aliphatic carbocycles. The average molecular weight is 419 g/mol. The van der Waals surface area contributed by atoms with E-state index < -0.39 is 0 Å². The summed E-state index contributed by atoms with van der Waals surface area (Å²) in [5.41, 5.74) is 1.96. The molecule has 160 valence electrons. The molecule has 0 saturated carbocycles. The second kappa shape index (κ2) is 8.67. The molecular formula is C23H26N6O2. The summed E-state index contributed by atoms with van der Waals surface area (Å²) in [4.78, 5) is 42.3. The van der Waals surface area contributed by atoms with Gasteiger partial charge < -0.3 is 15.1 Å². The molecule has 2 aromatic heterocycles. The van der Waals surface area contributed by atoms with E-state index in [9.17, 15) is 9.59 Å². The van der Waals surface area contributed by atoms with Crippen LogP contribution in [0.1, 0.15) is 47.7 Å². The molecule has 0 bridgehead atoms. The average Bonchev–Trinajstić information content (AvgIpc) is 3.28. The summed E-state index contributed by atoms with van der Waals surface area (Å²) in [7, 11) is 3.55. The SMILES string of the molecule is CNc1cc(CN(C)C(=O)c2cccc3cccnc23)nc([C@H]2CCCN2C(C)=O)n1. The van der Waals surface area contributed by atoms with Crippen LogP contribution >= 0.6 is 0 Å². The van der Waals surface area contributed by atoms with Crippen molar-refractivity contribution in [2.45, 2.75) is 32.4 Å². The number of pyridine rings is 1. The van der Waals surface area contributed by atoms with Gasteiger partial charge in [-0.3, -0.25) is 14.6 Å². The highest BCUT2D eigenvalue weighted by Crippen LogP contribution is 2.30. The zero-order chi connectivity index (χ0) is 22.0. The van der Waals surface area contributed by atoms with Gasteiger partial charge in [0.15, 0.2) is 5.82 Å². The Morgan fingerprint density at radius 1 is 1.23 bits per heavy atom. The van der Waals surface area contributed by atoms with E-state index in [1.807, 2.05) is 35.2 Å². The lowest BCUT2D eigenvalue weighted by molar-refractivity contribution is -0.129. The standard InChI is InChI=1S/C23H26N6O2/c1-15(30)29-12-6-10-19(29)22-26-17(13-20(24-2)27-22)14-28(3)23(31)18-9-4-7-16-8-5-11-25-21(16)18/h4-5,7-9,11,13,19H,6,10,12,14H2,1-3H3,(H,24,26,27)/t19-/m1/s1. The topological polar surface area (TPSA) is 91.3 Å². The van der Waals surface area contributed by atoms with Gasteiger partial charge in [-0.05, 0) is 25.0 Å². The Balaban J connectivity index is 1.61. The summed E-state index contributed by atoms with van der Waals surface area (Å²) in [5.74, 6) is 1.19. The molecule has 0 unspecified atom stereocenters. The predicted octanol–water partition coefficient (Wildman–Crippen LogP) is 3.02. The fourth-order valence-corrected chi connectivity index (χ4v) is 4.09. The van der Waals surface area contributed by atoms with Crippen LogP contribution < -0.4 is 5.32 Å². The van der Waals surface area contributed by atoms with Crippen molar-refractivity contribution in [1.29, 1.82) is 0 Å². The van der Waals surface area contributed by atoms with Gasteiger partial charge in [-0.25, -0.2) is 9.97 Å². The molecule has 3 aromatic rings. The fourth-order valence-electron chi connectivity index (χ4n) is 4.09. The molecule has 1 aromatic carbocycles. The van der Waals surface area contributed by atoms with Crippen LogP contribution in [0.3, 0.4) is 0 Å². The van der Waals surface area contributed by atoms with Gasteiger partial charge in [-0.15, -0.1) is 0 Å². The predicted molar refractivity (Wildman–Crippen MR) is 118 cm³/mol. The molecule has 1 N–H and O–H groups in total. The molecule has 1 saturated heterocycles. The minimum absolute atomic E-state index is 0.0262. The van der Waals surface area contributed by atoms with Gasteiger partial charge in [0.2, 0.25) is 5.91 Å². The van der Waals surface area contributed by atoms with Crippen LogP contribution in [0.15, 0.2) is 42.6 Å². The van der Waals surface area contributed by atoms with Gasteiger partial charge in [0, 0.05) is 45.2 Å². The Labute approximate surface area is 181 Å². The molecule has 1 atom stereocenters. The van der Waals surface area contributed by atoms with E-state index in [4.69, 9.17) is 4.98 Å². The van der Waals surface area contributed by atoms with Crippen LogP contribution in [-0.4, -0.2) is 57.2 Å². The maximum Gasteiger partial charge on any atom is 0.256 e. The lowest BCUT2D eigenvalue weighted by Crippen LogP contribution is -2.30. The monoisotopic (exact) mass is 418 g/mol. The van der Waals surface area contributed by atoms with Gasteiger partial charge >= 0.3 is 0 Å². The number of carbonyl (C=O) groups excluding carboxylic acids is 2. The first-order chi connectivity index (χ1) is 15.0. The highest BCUT2D eigenvalue weighted by atomic mass is 16.2. The maximum absolute atomic E-state index is 13.2. The number of fused-ring (bicyclic) bond motifs is 1. The summed E-state index contributed by atoms with van der Waals surface area (Å²) >= 11 is 0. The molecule has 2 amide bonds. The van der Waals surface area contributed by atoms with Crippen molar-refractivity contribution < 1.29 is 9.59 Å². The second-order valence-corrected chi connectivity index (χ2v) is 7.77. The van der Waals surface area contributed by atoms with Crippen LogP contribution in [0.2, 0.25) is 0 Å². The van der Waals surface area contributed by atoms with Crippen molar-refractivity contribution >= 4 is 28.5 Å². The van der Waals surface area contributed by atoms with Crippen molar-refractivity contribution in [3.05, 3.63) is 59.7 Å². The van der Waals surface area contributed by atoms with Gasteiger partial charge in [-0.2, -0.15) is 0 Å². The summed E-state index contributed by atoms with van der Waals surface area (Å²) < 4.78 is 0. The summed E-state index contributed by atoms with van der Waals surface area (Å²) in [6.45, 7) is 2.61. The number of rotatable bonds is 5. The van der Waals surface area contributed by atoms with Gasteiger partial charge in [0.1, 0.15) is 5.82 Å². The van der Waals surface area contributed by atoms with E-state index in [1.165, 1.54) is 0 Å². The molecule has 0 spiro atoms. The lowest BCUT2D eigenvalue weighted by atomic mass is 10.1. The van der Waals surface area contributed by atoms with Crippen molar-refractivity contribution in [2.24, 2.45) is 0 Å². The molecule has 4 rings (SSSR count). The van der Waals surface area contributed by atoms with Gasteiger partial charge in [0.05, 0.1) is 29.4 Å². The van der Waals surface area contributed by atoms with Crippen molar-refractivity contribution in [3.8, 4) is 0 Å². The van der Waals surface area contributed by atoms with Crippen LogP contribution in [0.25, 0.3) is 10.9 Å². The normalized spacial score (nSPS) is 15.8. The van der Waals surface area contributed by atoms with E-state index in [-0.39, 0.29) is 17.9 Å². The molecular weight excluding hydrogens is 392 g/mol. The van der Waals surface area contributed by atoms with Crippen LogP contribution in [-0.2, 0) is 11.3 Å². The Morgan fingerprint density at radius 3 is 2.81 bits per heavy atom. The van der Waals surface area contributed by atoms with Crippen LogP contribution in [0.4, 0.5) is 5.82 Å². The number of benzene rings is 1. The van der Waals surface area contributed by atoms with Gasteiger partial charge in [-0.1, -0.05) is 18.2 Å². The molecule has 8 nitrogen and oxygen atoms in total. The Kier molecular flexibility index (Phi) is 5.79. The number of hydrogen-bond donors (Lipinski definition) is 1. The van der Waals surface area contributed by atoms with Crippen LogP contribution in [0.5, 0.6) is 0 Å². The number of nitrogens with one attached hydrogen (secondary N) is 1. The lowest BCUT2D eigenvalue weighted by Gasteiger charge is -2.23. The minimum atomic E-state index is -0.132. The number of para-hydroxylation sites is 1. The molecule has 1 fully saturated rings. The van der Waals surface area contributed by atoms with Crippen molar-refractivity contribution in [3.63, 3.8) is 0 Å². The third-order valence-corrected chi connectivity index (χ3v) is 5.62. The van der Waals surface area contributed by atoms with Crippen LogP contribution in [0, 0.1) is 0 Å². The number of nitrogens with zero attached hydrogens (tertiary/aromatic N) is 5. The molecule has 3 heterocycles. The van der Waals surface area contributed by atoms with Gasteiger partial charge in [0.25, 0.3) is 5.91 Å². The number of anilines is 1. The van der Waals surface area contributed by atoms with Crippen molar-refractivity contribution in [2.75, 3.05) is 26.0 Å². The largest absolute Gasteiger partial charge is 0.373 e. The number of aromatic nitrogens is 3. The summed E-state index contributed by atoms with van der Waals surface area (Å²) in [5, 5.41) is 3.99. The highest BCUT2D eigenvalue weighted by Gasteiger charge is 2.30. The zero-order valence-corrected chi connectivity index (χ0v) is 18.0. The molecule has 1 aliphatic heterocycles. The fraction of sp³-hybridized carbons (Fsp3) is 0.348. The third kappa shape index (κ3) is 4.19. The van der Waals surface area contributed by atoms with E-state index >= 15 is 0 Å². The Bertz CT molecular complexity index is 1130. The smallest absolute Gasteiger partial charge is 0.256 e. The van der Waals surface area contributed by atoms with E-state index in [1.54, 1.807) is 38.2 Å². The first-order valence-electron chi connectivity index (χ1n) is 10.4. The number of amides is 2. The van der Waals surface area contributed by atoms with E-state index in [0.29, 0.717) is 35.0 Å². The molecule has 0 radical (unpaired) electrons.